The van der Waals surface area contributed by atoms with E-state index in [9.17, 15) is 4.79 Å². The first kappa shape index (κ1) is 21.5. The normalized spacial score (nSPS) is 20.1. The van der Waals surface area contributed by atoms with Crippen LogP contribution in [-0.2, 0) is 11.2 Å². The molecule has 0 bridgehead atoms. The third kappa shape index (κ3) is 4.40. The number of hydrogen-bond acceptors (Lipinski definition) is 6. The molecule has 2 atom stereocenters. The number of benzene rings is 2. The van der Waals surface area contributed by atoms with E-state index >= 15 is 0 Å². The average Bonchev–Trinajstić information content (AvgIpc) is 3.56. The zero-order valence-corrected chi connectivity index (χ0v) is 19.1. The minimum absolute atomic E-state index is 0.0725. The van der Waals surface area contributed by atoms with Gasteiger partial charge >= 0.3 is 0 Å². The van der Waals surface area contributed by atoms with Crippen molar-refractivity contribution in [1.29, 1.82) is 0 Å². The summed E-state index contributed by atoms with van der Waals surface area (Å²) in [5, 5.41) is 16.3. The summed E-state index contributed by atoms with van der Waals surface area (Å²) < 4.78 is 13.8. The number of rotatable bonds is 5. The summed E-state index contributed by atoms with van der Waals surface area (Å²) in [7, 11) is 0. The van der Waals surface area contributed by atoms with Crippen molar-refractivity contribution < 1.29 is 13.9 Å². The highest BCUT2D eigenvalue weighted by molar-refractivity contribution is 5.97. The maximum atomic E-state index is 12.7. The molecule has 2 aromatic carbocycles. The van der Waals surface area contributed by atoms with Crippen molar-refractivity contribution in [3.63, 3.8) is 0 Å². The molecule has 8 nitrogen and oxygen atoms in total. The van der Waals surface area contributed by atoms with Gasteiger partial charge in [-0.3, -0.25) is 4.79 Å². The zero-order valence-electron chi connectivity index (χ0n) is 19.1. The van der Waals surface area contributed by atoms with Crippen LogP contribution < -0.4 is 5.32 Å². The summed E-state index contributed by atoms with van der Waals surface area (Å²) in [6.07, 6.45) is 7.27. The predicted molar refractivity (Wildman–Crippen MR) is 130 cm³/mol. The first-order valence-electron chi connectivity index (χ1n) is 11.9. The molecule has 2 aromatic heterocycles. The van der Waals surface area contributed by atoms with Gasteiger partial charge in [0.05, 0.1) is 17.4 Å². The second kappa shape index (κ2) is 9.31. The first-order valence-corrected chi connectivity index (χ1v) is 11.9. The molecule has 6 rings (SSSR count). The number of nitrogens with zero attached hydrogens (tertiary/aromatic N) is 4. The molecule has 8 heteroatoms. The molecule has 0 saturated carbocycles. The van der Waals surface area contributed by atoms with Crippen LogP contribution in [0.1, 0.15) is 64.7 Å². The van der Waals surface area contributed by atoms with Gasteiger partial charge in [0.25, 0.3) is 5.91 Å². The van der Waals surface area contributed by atoms with Gasteiger partial charge in [-0.1, -0.05) is 36.4 Å². The van der Waals surface area contributed by atoms with Crippen LogP contribution in [0.25, 0.3) is 23.6 Å². The Bertz CT molecular complexity index is 1370. The van der Waals surface area contributed by atoms with Crippen molar-refractivity contribution in [3.05, 3.63) is 89.1 Å². The maximum Gasteiger partial charge on any atom is 0.252 e. The fourth-order valence-electron chi connectivity index (χ4n) is 4.63. The predicted octanol–water partition coefficient (Wildman–Crippen LogP) is 4.83. The summed E-state index contributed by atoms with van der Waals surface area (Å²) >= 11 is 0. The van der Waals surface area contributed by atoms with Crippen LogP contribution in [0.4, 0.5) is 0 Å². The summed E-state index contributed by atoms with van der Waals surface area (Å²) in [6.45, 7) is 0.709. The molecule has 2 unspecified atom stereocenters. The molecule has 35 heavy (non-hydrogen) atoms. The smallest absolute Gasteiger partial charge is 0.252 e. The molecule has 1 N–H and O–H groups in total. The van der Waals surface area contributed by atoms with Crippen molar-refractivity contribution >= 4 is 18.1 Å². The highest BCUT2D eigenvalue weighted by Gasteiger charge is 2.28. The maximum absolute atomic E-state index is 12.7. The lowest BCUT2D eigenvalue weighted by Crippen LogP contribution is -2.35. The van der Waals surface area contributed by atoms with Crippen molar-refractivity contribution in [2.45, 2.75) is 38.0 Å². The molecule has 4 aromatic rings. The van der Waals surface area contributed by atoms with Crippen LogP contribution in [0.5, 0.6) is 0 Å². The van der Waals surface area contributed by atoms with Crippen molar-refractivity contribution in [2.75, 3.05) is 6.61 Å². The molecular formula is C27H25N5O3. The minimum atomic E-state index is -0.206. The van der Waals surface area contributed by atoms with Gasteiger partial charge in [0.2, 0.25) is 11.8 Å². The lowest BCUT2D eigenvalue weighted by atomic mass is 9.93. The van der Waals surface area contributed by atoms with Crippen molar-refractivity contribution in [1.82, 2.24) is 25.3 Å². The molecule has 0 aliphatic carbocycles. The van der Waals surface area contributed by atoms with Gasteiger partial charge in [0.1, 0.15) is 0 Å². The molecule has 2 aliphatic rings. The molecule has 1 fully saturated rings. The van der Waals surface area contributed by atoms with E-state index in [-0.39, 0.29) is 18.2 Å². The summed E-state index contributed by atoms with van der Waals surface area (Å²) in [5.74, 6) is 0.804. The third-order valence-electron chi connectivity index (χ3n) is 6.42. The number of hydrogen-bond donors (Lipinski definition) is 1. The van der Waals surface area contributed by atoms with E-state index in [1.165, 1.54) is 0 Å². The van der Waals surface area contributed by atoms with Crippen LogP contribution in [0, 0.1) is 0 Å². The van der Waals surface area contributed by atoms with Crippen LogP contribution in [0.2, 0.25) is 0 Å². The summed E-state index contributed by atoms with van der Waals surface area (Å²) in [5.41, 5.74) is 4.29. The van der Waals surface area contributed by atoms with Crippen molar-refractivity contribution in [3.8, 4) is 11.5 Å². The summed E-state index contributed by atoms with van der Waals surface area (Å²) in [4.78, 5) is 12.7. The zero-order chi connectivity index (χ0) is 23.6. The van der Waals surface area contributed by atoms with Crippen LogP contribution in [0.3, 0.4) is 0 Å². The lowest BCUT2D eigenvalue weighted by Gasteiger charge is -2.25. The van der Waals surface area contributed by atoms with E-state index in [1.54, 1.807) is 6.08 Å². The molecule has 0 spiro atoms. The lowest BCUT2D eigenvalue weighted by molar-refractivity contribution is -0.0401. The monoisotopic (exact) mass is 467 g/mol. The Morgan fingerprint density at radius 3 is 2.71 bits per heavy atom. The topological polar surface area (TPSA) is 95.1 Å². The molecule has 0 radical (unpaired) electrons. The van der Waals surface area contributed by atoms with Gasteiger partial charge in [-0.25, -0.2) is 4.68 Å². The highest BCUT2D eigenvalue weighted by Crippen LogP contribution is 2.30. The largest absolute Gasteiger partial charge is 0.417 e. The number of nitrogens with one attached hydrogen (secondary N) is 1. The van der Waals surface area contributed by atoms with Gasteiger partial charge < -0.3 is 14.5 Å². The number of carbonyl (C=O) groups excluding carboxylic acids is 1. The molecule has 176 valence electrons. The number of carbonyl (C=O) groups is 1. The van der Waals surface area contributed by atoms with E-state index in [0.29, 0.717) is 24.8 Å². The molecule has 4 heterocycles. The Hall–Kier alpha value is -4.04. The second-order valence-corrected chi connectivity index (χ2v) is 8.79. The number of ether oxygens (including phenoxy) is 1. The third-order valence-corrected chi connectivity index (χ3v) is 6.42. The highest BCUT2D eigenvalue weighted by atomic mass is 16.5. The van der Waals surface area contributed by atoms with Gasteiger partial charge in [-0.2, -0.15) is 5.10 Å². The average molecular weight is 468 g/mol. The minimum Gasteiger partial charge on any atom is -0.417 e. The van der Waals surface area contributed by atoms with E-state index in [1.807, 2.05) is 71.4 Å². The Balaban J connectivity index is 1.30. The number of amides is 1. The van der Waals surface area contributed by atoms with Crippen LogP contribution in [-0.4, -0.2) is 32.5 Å². The standard InChI is InChI=1S/C27H25N5O3/c33-26-21-11-5-4-10-19(21)16-22(28-26)23-17-20(32(31-23)25-12-6-7-15-34-25)13-14-24-29-30-27(35-24)18-8-2-1-3-9-18/h1-5,8-11,13-14,17,22,25H,6-7,12,15-16H2,(H,28,33)/b14-13+. The SMILES string of the molecule is O=C1NC(c2cc(/C=C/c3nnc(-c4ccccc4)o3)n(C3CCCCO3)n2)Cc2ccccc21. The molecule has 1 amide bonds. The van der Waals surface area contributed by atoms with E-state index < -0.39 is 0 Å². The van der Waals surface area contributed by atoms with Crippen molar-refractivity contribution in [2.24, 2.45) is 0 Å². The fraction of sp³-hybridized carbons (Fsp3) is 0.259. The number of aromatic nitrogens is 4. The fourth-order valence-corrected chi connectivity index (χ4v) is 4.63. The number of fused-ring (bicyclic) bond motifs is 1. The van der Waals surface area contributed by atoms with Gasteiger partial charge in [-0.05, 0) is 61.6 Å². The van der Waals surface area contributed by atoms with E-state index in [2.05, 4.69) is 15.5 Å². The van der Waals surface area contributed by atoms with Crippen LogP contribution >= 0.6 is 0 Å². The molecular weight excluding hydrogens is 442 g/mol. The van der Waals surface area contributed by atoms with Gasteiger partial charge in [0.15, 0.2) is 6.23 Å². The Kier molecular flexibility index (Phi) is 5.71. The van der Waals surface area contributed by atoms with E-state index in [4.69, 9.17) is 14.3 Å². The van der Waals surface area contributed by atoms with Gasteiger partial charge in [-0.15, -0.1) is 10.2 Å². The quantitative estimate of drug-likeness (QED) is 0.452. The Morgan fingerprint density at radius 2 is 1.86 bits per heavy atom. The van der Waals surface area contributed by atoms with E-state index in [0.717, 1.165) is 47.3 Å². The Labute approximate surface area is 202 Å². The molecule has 1 saturated heterocycles. The first-order chi connectivity index (χ1) is 17.2. The van der Waals surface area contributed by atoms with Crippen LogP contribution in [0.15, 0.2) is 65.1 Å². The molecule has 2 aliphatic heterocycles. The Morgan fingerprint density at radius 1 is 1.00 bits per heavy atom. The summed E-state index contributed by atoms with van der Waals surface area (Å²) in [6, 6.07) is 19.2. The van der Waals surface area contributed by atoms with Gasteiger partial charge in [0, 0.05) is 23.8 Å². The second-order valence-electron chi connectivity index (χ2n) is 8.79.